The molecule has 1 aliphatic carbocycles. The summed E-state index contributed by atoms with van der Waals surface area (Å²) in [5, 5.41) is 2.96. The Morgan fingerprint density at radius 2 is 1.88 bits per heavy atom. The number of rotatable bonds is 12. The molecule has 5 rings (SSSR count). The lowest BCUT2D eigenvalue weighted by Crippen LogP contribution is -2.31. The number of Topliss-reactive ketones (excluding diaryl/α,β-unsaturated/α-hetero) is 1. The molecule has 1 aromatic heterocycles. The first-order valence-electron chi connectivity index (χ1n) is 14.0. The lowest BCUT2D eigenvalue weighted by atomic mass is 9.87. The molecule has 0 bridgehead atoms. The molecular weight excluding hydrogens is 532 g/mol. The fraction of sp³-hybridized carbons (Fsp3) is 0.303. The number of fused-ring (bicyclic) bond motifs is 1. The van der Waals surface area contributed by atoms with E-state index >= 15 is 0 Å². The van der Waals surface area contributed by atoms with E-state index in [0.717, 1.165) is 52.3 Å². The molecule has 0 saturated carbocycles. The van der Waals surface area contributed by atoms with Crippen molar-refractivity contribution in [1.29, 1.82) is 0 Å². The molecule has 1 amide bonds. The number of carbonyl (C=O) groups excluding carboxylic acids is 2. The molecule has 1 unspecified atom stereocenters. The van der Waals surface area contributed by atoms with E-state index in [0.29, 0.717) is 30.8 Å². The van der Waals surface area contributed by atoms with Crippen LogP contribution in [0.4, 0.5) is 0 Å². The number of hydrogen-bond acceptors (Lipinski definition) is 6. The molecule has 0 radical (unpaired) electrons. The van der Waals surface area contributed by atoms with Crippen LogP contribution in [0.1, 0.15) is 56.4 Å². The number of likely N-dealkylation sites (N-methyl/N-ethyl adjacent to an activating group) is 1. The Kier molecular flexibility index (Phi) is 9.54. The zero-order chi connectivity index (χ0) is 28.6. The van der Waals surface area contributed by atoms with E-state index in [4.69, 9.17) is 4.74 Å². The molecule has 0 spiro atoms. The van der Waals surface area contributed by atoms with E-state index in [1.54, 1.807) is 24.3 Å². The second kappa shape index (κ2) is 13.7. The van der Waals surface area contributed by atoms with Crippen molar-refractivity contribution in [2.45, 2.75) is 42.6 Å². The summed E-state index contributed by atoms with van der Waals surface area (Å²) in [6.45, 7) is 2.01. The molecule has 1 atom stereocenters. The van der Waals surface area contributed by atoms with Crippen molar-refractivity contribution in [2.75, 3.05) is 27.2 Å². The molecule has 8 heteroatoms. The Hall–Kier alpha value is -3.88. The molecule has 1 N–H and O–H groups in total. The van der Waals surface area contributed by atoms with Crippen molar-refractivity contribution in [3.63, 3.8) is 0 Å². The number of nitrogens with one attached hydrogen (secondary N) is 1. The minimum absolute atomic E-state index is 0.0698. The molecule has 41 heavy (non-hydrogen) atoms. The first-order chi connectivity index (χ1) is 20.0. The van der Waals surface area contributed by atoms with Crippen LogP contribution in [0.3, 0.4) is 0 Å². The molecule has 7 nitrogen and oxygen atoms in total. The van der Waals surface area contributed by atoms with Gasteiger partial charge >= 0.3 is 0 Å². The van der Waals surface area contributed by atoms with Crippen molar-refractivity contribution in [2.24, 2.45) is 0 Å². The number of hydrogen-bond donors (Lipinski definition) is 1. The fourth-order valence-electron chi connectivity index (χ4n) is 5.02. The maximum absolute atomic E-state index is 12.8. The Balaban J connectivity index is 1.37. The Morgan fingerprint density at radius 1 is 1.07 bits per heavy atom. The van der Waals surface area contributed by atoms with Crippen molar-refractivity contribution in [3.8, 4) is 5.75 Å². The average molecular weight is 569 g/mol. The molecule has 3 aromatic carbocycles. The molecule has 1 aliphatic rings. The highest BCUT2D eigenvalue weighted by Crippen LogP contribution is 2.38. The Morgan fingerprint density at radius 3 is 2.61 bits per heavy atom. The first kappa shape index (κ1) is 28.6. The maximum atomic E-state index is 12.8. The number of aromatic nitrogens is 2. The van der Waals surface area contributed by atoms with Crippen LogP contribution in [0.2, 0.25) is 0 Å². The monoisotopic (exact) mass is 568 g/mol. The van der Waals surface area contributed by atoms with E-state index in [2.05, 4.69) is 22.4 Å². The summed E-state index contributed by atoms with van der Waals surface area (Å²) >= 11 is 1.69. The van der Waals surface area contributed by atoms with Crippen LogP contribution in [0.25, 0.3) is 0 Å². The third-order valence-corrected chi connectivity index (χ3v) is 8.28. The van der Waals surface area contributed by atoms with Crippen LogP contribution >= 0.6 is 11.8 Å². The second-order valence-corrected chi connectivity index (χ2v) is 11.5. The summed E-state index contributed by atoms with van der Waals surface area (Å²) in [4.78, 5) is 32.6. The predicted molar refractivity (Wildman–Crippen MR) is 163 cm³/mol. The molecule has 0 aliphatic heterocycles. The van der Waals surface area contributed by atoms with Crippen molar-refractivity contribution in [3.05, 3.63) is 113 Å². The zero-order valence-electron chi connectivity index (χ0n) is 23.6. The zero-order valence-corrected chi connectivity index (χ0v) is 24.4. The van der Waals surface area contributed by atoms with Gasteiger partial charge in [0.25, 0.3) is 5.91 Å². The first-order valence-corrected chi connectivity index (χ1v) is 15.0. The van der Waals surface area contributed by atoms with Crippen LogP contribution in [-0.4, -0.2) is 53.3 Å². The lowest BCUT2D eigenvalue weighted by molar-refractivity contribution is 0.0948. The van der Waals surface area contributed by atoms with Crippen LogP contribution in [-0.2, 0) is 18.7 Å². The van der Waals surface area contributed by atoms with Crippen LogP contribution in [0, 0.1) is 0 Å². The van der Waals surface area contributed by atoms with Gasteiger partial charge in [-0.3, -0.25) is 9.59 Å². The molecule has 212 valence electrons. The van der Waals surface area contributed by atoms with Gasteiger partial charge in [0.1, 0.15) is 11.9 Å². The molecule has 0 fully saturated rings. The van der Waals surface area contributed by atoms with Gasteiger partial charge in [-0.15, -0.1) is 11.8 Å². The van der Waals surface area contributed by atoms with E-state index in [9.17, 15) is 9.59 Å². The van der Waals surface area contributed by atoms with E-state index in [-0.39, 0.29) is 17.8 Å². The van der Waals surface area contributed by atoms with Crippen molar-refractivity contribution in [1.82, 2.24) is 19.8 Å². The summed E-state index contributed by atoms with van der Waals surface area (Å²) in [7, 11) is 3.96. The van der Waals surface area contributed by atoms with Gasteiger partial charge in [-0.25, -0.2) is 4.98 Å². The third kappa shape index (κ3) is 7.45. The summed E-state index contributed by atoms with van der Waals surface area (Å²) in [5.74, 6) is 1.59. The van der Waals surface area contributed by atoms with Gasteiger partial charge in [0.2, 0.25) is 0 Å². The number of benzene rings is 3. The SMILES string of the molecule is CN(C)CCNC(=O)c1ccc(SCc2c(OC(Cn3ccnc3)c3ccccc3)ccc3c2CCCC3=O)cc1. The van der Waals surface area contributed by atoms with Gasteiger partial charge in [0, 0.05) is 59.2 Å². The van der Waals surface area contributed by atoms with Crippen LogP contribution in [0.15, 0.2) is 90.3 Å². The van der Waals surface area contributed by atoms with Gasteiger partial charge in [0.15, 0.2) is 5.78 Å². The Bertz CT molecular complexity index is 1450. The van der Waals surface area contributed by atoms with E-state index in [1.807, 2.05) is 84.4 Å². The largest absolute Gasteiger partial charge is 0.484 e. The second-order valence-electron chi connectivity index (χ2n) is 10.5. The summed E-state index contributed by atoms with van der Waals surface area (Å²) in [5.41, 5.74) is 4.70. The number of ether oxygens (including phenoxy) is 1. The van der Waals surface area contributed by atoms with Crippen LogP contribution in [0.5, 0.6) is 5.75 Å². The number of thioether (sulfide) groups is 1. The Labute approximate surface area is 245 Å². The quantitative estimate of drug-likeness (QED) is 0.218. The van der Waals surface area contributed by atoms with Gasteiger partial charge < -0.3 is 19.5 Å². The number of imidazole rings is 1. The fourth-order valence-corrected chi connectivity index (χ4v) is 5.97. The maximum Gasteiger partial charge on any atom is 0.251 e. The number of nitrogens with zero attached hydrogens (tertiary/aromatic N) is 3. The standard InChI is InChI=1S/C33H36N4O3S/c1-36(2)19-18-35-33(39)25-11-13-26(14-12-25)41-22-29-27-9-6-10-30(38)28(27)15-16-31(29)40-32(21-37-20-17-34-23-37)24-7-4-3-5-8-24/h3-5,7-8,11-17,20,23,32H,6,9-10,18-19,21-22H2,1-2H3,(H,35,39). The summed E-state index contributed by atoms with van der Waals surface area (Å²) < 4.78 is 8.79. The minimum Gasteiger partial charge on any atom is -0.484 e. The lowest BCUT2D eigenvalue weighted by Gasteiger charge is -2.25. The molecule has 1 heterocycles. The predicted octanol–water partition coefficient (Wildman–Crippen LogP) is 5.81. The third-order valence-electron chi connectivity index (χ3n) is 7.24. The number of amides is 1. The smallest absolute Gasteiger partial charge is 0.251 e. The highest BCUT2D eigenvalue weighted by Gasteiger charge is 2.25. The number of carbonyl (C=O) groups is 2. The van der Waals surface area contributed by atoms with Crippen molar-refractivity contribution < 1.29 is 14.3 Å². The van der Waals surface area contributed by atoms with Crippen molar-refractivity contribution >= 4 is 23.5 Å². The molecular formula is C33H36N4O3S. The average Bonchev–Trinajstić information content (AvgIpc) is 3.50. The van der Waals surface area contributed by atoms with Gasteiger partial charge in [-0.2, -0.15) is 0 Å². The van der Waals surface area contributed by atoms with Crippen LogP contribution < -0.4 is 10.1 Å². The highest BCUT2D eigenvalue weighted by atomic mass is 32.2. The molecule has 0 saturated heterocycles. The number of ketones is 1. The normalized spacial score (nSPS) is 13.6. The van der Waals surface area contributed by atoms with Gasteiger partial charge in [-0.05, 0) is 74.5 Å². The summed E-state index contributed by atoms with van der Waals surface area (Å²) in [6, 6.07) is 21.8. The minimum atomic E-state index is -0.225. The van der Waals surface area contributed by atoms with Gasteiger partial charge in [-0.1, -0.05) is 30.3 Å². The highest BCUT2D eigenvalue weighted by molar-refractivity contribution is 7.98. The molecule has 4 aromatic rings. The van der Waals surface area contributed by atoms with E-state index < -0.39 is 0 Å². The summed E-state index contributed by atoms with van der Waals surface area (Å²) in [6.07, 6.45) is 7.58. The van der Waals surface area contributed by atoms with Gasteiger partial charge in [0.05, 0.1) is 12.9 Å². The van der Waals surface area contributed by atoms with E-state index in [1.165, 1.54) is 0 Å². The topological polar surface area (TPSA) is 76.5 Å².